The first-order valence-electron chi connectivity index (χ1n) is 8.12. The average Bonchev–Trinajstić information content (AvgIpc) is 2.62. The summed E-state index contributed by atoms with van der Waals surface area (Å²) in [5.74, 6) is 1.65. The molecule has 0 spiro atoms. The maximum Gasteiger partial charge on any atom is 0.127 e. The van der Waals surface area contributed by atoms with Crippen LogP contribution in [0.1, 0.15) is 24.1 Å². The van der Waals surface area contributed by atoms with E-state index in [1.165, 1.54) is 0 Å². The van der Waals surface area contributed by atoms with Gasteiger partial charge in [-0.15, -0.1) is 0 Å². The molecule has 1 N–H and O–H groups in total. The van der Waals surface area contributed by atoms with E-state index in [-0.39, 0.29) is 6.04 Å². The van der Waals surface area contributed by atoms with Gasteiger partial charge in [0.1, 0.15) is 11.5 Å². The summed E-state index contributed by atoms with van der Waals surface area (Å²) in [6.07, 6.45) is 0. The lowest BCUT2D eigenvalue weighted by atomic mass is 10.1. The van der Waals surface area contributed by atoms with Crippen LogP contribution >= 0.6 is 23.2 Å². The Kier molecular flexibility index (Phi) is 5.98. The third kappa shape index (κ3) is 4.76. The van der Waals surface area contributed by atoms with E-state index in [0.29, 0.717) is 16.6 Å². The molecule has 4 heteroatoms. The van der Waals surface area contributed by atoms with Crippen LogP contribution in [-0.2, 0) is 6.54 Å². The van der Waals surface area contributed by atoms with Gasteiger partial charge in [0.25, 0.3) is 0 Å². The van der Waals surface area contributed by atoms with E-state index in [4.69, 9.17) is 27.9 Å². The smallest absolute Gasteiger partial charge is 0.127 e. The highest BCUT2D eigenvalue weighted by molar-refractivity contribution is 6.36. The zero-order chi connectivity index (χ0) is 17.6. The predicted molar refractivity (Wildman–Crippen MR) is 105 cm³/mol. The van der Waals surface area contributed by atoms with E-state index in [0.717, 1.165) is 22.6 Å². The quantitative estimate of drug-likeness (QED) is 0.524. The summed E-state index contributed by atoms with van der Waals surface area (Å²) in [4.78, 5) is 0. The van der Waals surface area contributed by atoms with Crippen LogP contribution in [-0.4, -0.2) is 0 Å². The molecule has 1 unspecified atom stereocenters. The molecule has 0 saturated carbocycles. The van der Waals surface area contributed by atoms with E-state index in [1.54, 1.807) is 0 Å². The molecule has 25 heavy (non-hydrogen) atoms. The molecule has 3 rings (SSSR count). The Morgan fingerprint density at radius 3 is 2.04 bits per heavy atom. The van der Waals surface area contributed by atoms with Gasteiger partial charge in [0.05, 0.1) is 0 Å². The lowest BCUT2D eigenvalue weighted by molar-refractivity contribution is 0.482. The van der Waals surface area contributed by atoms with Crippen molar-refractivity contribution in [2.75, 3.05) is 0 Å². The van der Waals surface area contributed by atoms with Crippen molar-refractivity contribution in [3.05, 3.63) is 94.0 Å². The van der Waals surface area contributed by atoms with E-state index < -0.39 is 0 Å². The second-order valence-corrected chi connectivity index (χ2v) is 6.61. The fourth-order valence-corrected chi connectivity index (χ4v) is 3.32. The second-order valence-electron chi connectivity index (χ2n) is 5.80. The zero-order valence-electron chi connectivity index (χ0n) is 13.9. The van der Waals surface area contributed by atoms with E-state index in [9.17, 15) is 0 Å². The number of hydrogen-bond acceptors (Lipinski definition) is 2. The van der Waals surface area contributed by atoms with Crippen molar-refractivity contribution < 1.29 is 4.74 Å². The van der Waals surface area contributed by atoms with E-state index in [1.807, 2.05) is 72.8 Å². The van der Waals surface area contributed by atoms with Crippen LogP contribution in [0.4, 0.5) is 0 Å². The summed E-state index contributed by atoms with van der Waals surface area (Å²) in [5, 5.41) is 4.82. The molecule has 0 amide bonds. The van der Waals surface area contributed by atoms with Gasteiger partial charge in [-0.2, -0.15) is 0 Å². The zero-order valence-corrected chi connectivity index (χ0v) is 15.4. The summed E-state index contributed by atoms with van der Waals surface area (Å²) >= 11 is 12.5. The van der Waals surface area contributed by atoms with Crippen molar-refractivity contribution in [1.29, 1.82) is 0 Å². The van der Waals surface area contributed by atoms with Crippen LogP contribution in [0.25, 0.3) is 0 Å². The standard InChI is InChI=1S/C21H19Cl2NO/c1-15(21-19(22)8-5-9-20(21)23)24-14-16-10-12-18(13-11-16)25-17-6-3-2-4-7-17/h2-13,15,24H,14H2,1H3. The SMILES string of the molecule is CC(NCc1ccc(Oc2ccccc2)cc1)c1c(Cl)cccc1Cl. The lowest BCUT2D eigenvalue weighted by Gasteiger charge is -2.17. The number of para-hydroxylation sites is 1. The van der Waals surface area contributed by atoms with E-state index in [2.05, 4.69) is 12.2 Å². The van der Waals surface area contributed by atoms with Crippen LogP contribution in [0.15, 0.2) is 72.8 Å². The van der Waals surface area contributed by atoms with Gasteiger partial charge in [-0.25, -0.2) is 0 Å². The van der Waals surface area contributed by atoms with Gasteiger partial charge in [-0.05, 0) is 48.9 Å². The lowest BCUT2D eigenvalue weighted by Crippen LogP contribution is -2.18. The van der Waals surface area contributed by atoms with Gasteiger partial charge < -0.3 is 10.1 Å². The third-order valence-electron chi connectivity index (χ3n) is 3.95. The molecule has 0 fully saturated rings. The van der Waals surface area contributed by atoms with Crippen molar-refractivity contribution in [1.82, 2.24) is 5.32 Å². The van der Waals surface area contributed by atoms with E-state index >= 15 is 0 Å². The molecule has 0 aliphatic heterocycles. The van der Waals surface area contributed by atoms with Crippen LogP contribution in [0, 0.1) is 0 Å². The number of benzene rings is 3. The number of rotatable bonds is 6. The van der Waals surface area contributed by atoms with Gasteiger partial charge in [0, 0.05) is 28.2 Å². The number of nitrogens with one attached hydrogen (secondary N) is 1. The molecular weight excluding hydrogens is 353 g/mol. The molecule has 0 radical (unpaired) electrons. The highest BCUT2D eigenvalue weighted by Crippen LogP contribution is 2.30. The normalized spacial score (nSPS) is 12.0. The summed E-state index contributed by atoms with van der Waals surface area (Å²) < 4.78 is 5.80. The predicted octanol–water partition coefficient (Wildman–Crippen LogP) is 6.64. The first-order valence-corrected chi connectivity index (χ1v) is 8.88. The minimum Gasteiger partial charge on any atom is -0.457 e. The summed E-state index contributed by atoms with van der Waals surface area (Å²) in [6.45, 7) is 2.77. The first-order chi connectivity index (χ1) is 12.1. The maximum atomic E-state index is 6.26. The molecule has 1 atom stereocenters. The van der Waals surface area contributed by atoms with Gasteiger partial charge in [0.2, 0.25) is 0 Å². The summed E-state index contributed by atoms with van der Waals surface area (Å²) in [6, 6.07) is 23.4. The molecule has 0 heterocycles. The topological polar surface area (TPSA) is 21.3 Å². The van der Waals surface area contributed by atoms with Gasteiger partial charge in [-0.1, -0.05) is 59.6 Å². The second kappa shape index (κ2) is 8.39. The van der Waals surface area contributed by atoms with Gasteiger partial charge in [0.15, 0.2) is 0 Å². The number of ether oxygens (including phenoxy) is 1. The molecule has 0 aromatic heterocycles. The highest BCUT2D eigenvalue weighted by Gasteiger charge is 2.13. The Morgan fingerprint density at radius 1 is 0.800 bits per heavy atom. The van der Waals surface area contributed by atoms with Crippen LogP contribution in [0.3, 0.4) is 0 Å². The monoisotopic (exact) mass is 371 g/mol. The van der Waals surface area contributed by atoms with Crippen LogP contribution in [0.5, 0.6) is 11.5 Å². The molecule has 0 saturated heterocycles. The van der Waals surface area contributed by atoms with Crippen molar-refractivity contribution in [3.63, 3.8) is 0 Å². The fraction of sp³-hybridized carbons (Fsp3) is 0.143. The van der Waals surface area contributed by atoms with Crippen molar-refractivity contribution in [2.24, 2.45) is 0 Å². The average molecular weight is 372 g/mol. The molecular formula is C21H19Cl2NO. The molecule has 3 aromatic carbocycles. The Bertz CT molecular complexity index is 799. The number of halogens is 2. The maximum absolute atomic E-state index is 6.26. The Balaban J connectivity index is 1.60. The fourth-order valence-electron chi connectivity index (χ4n) is 2.60. The molecule has 0 aliphatic carbocycles. The first kappa shape index (κ1) is 17.8. The van der Waals surface area contributed by atoms with Crippen LogP contribution in [0.2, 0.25) is 10.0 Å². The summed E-state index contributed by atoms with van der Waals surface area (Å²) in [5.41, 5.74) is 2.09. The van der Waals surface area contributed by atoms with Gasteiger partial charge >= 0.3 is 0 Å². The van der Waals surface area contributed by atoms with Crippen molar-refractivity contribution in [3.8, 4) is 11.5 Å². The van der Waals surface area contributed by atoms with Crippen molar-refractivity contribution >= 4 is 23.2 Å². The van der Waals surface area contributed by atoms with Crippen molar-refractivity contribution in [2.45, 2.75) is 19.5 Å². The number of hydrogen-bond donors (Lipinski definition) is 1. The highest BCUT2D eigenvalue weighted by atomic mass is 35.5. The molecule has 2 nitrogen and oxygen atoms in total. The molecule has 0 aliphatic rings. The minimum absolute atomic E-state index is 0.0569. The molecule has 128 valence electrons. The molecule has 0 bridgehead atoms. The largest absolute Gasteiger partial charge is 0.457 e. The van der Waals surface area contributed by atoms with Crippen LogP contribution < -0.4 is 10.1 Å². The summed E-state index contributed by atoms with van der Waals surface area (Å²) in [7, 11) is 0. The minimum atomic E-state index is 0.0569. The Hall–Kier alpha value is -2.00. The molecule has 3 aromatic rings. The van der Waals surface area contributed by atoms with Gasteiger partial charge in [-0.3, -0.25) is 0 Å². The Labute approximate surface area is 158 Å². The third-order valence-corrected chi connectivity index (χ3v) is 4.61. The Morgan fingerprint density at radius 2 is 1.40 bits per heavy atom.